The zero-order chi connectivity index (χ0) is 21.8. The van der Waals surface area contributed by atoms with Crippen LogP contribution in [0.25, 0.3) is 10.9 Å². The molecule has 0 saturated heterocycles. The van der Waals surface area contributed by atoms with Crippen molar-refractivity contribution in [3.8, 4) is 0 Å². The Labute approximate surface area is 188 Å². The predicted octanol–water partition coefficient (Wildman–Crippen LogP) is 4.57. The summed E-state index contributed by atoms with van der Waals surface area (Å²) < 4.78 is 10.2. The lowest BCUT2D eigenvalue weighted by Gasteiger charge is -2.44. The molecule has 3 atom stereocenters. The number of fused-ring (bicyclic) bond motifs is 5. The highest BCUT2D eigenvalue weighted by Crippen LogP contribution is 2.56. The number of para-hydroxylation sites is 1. The number of methoxy groups -OCH3 is 1. The lowest BCUT2D eigenvalue weighted by atomic mass is 9.90. The van der Waals surface area contributed by atoms with Crippen LogP contribution in [0.1, 0.15) is 35.6 Å². The Balaban J connectivity index is 1.63. The molecular weight excluding hydrogens is 419 g/mol. The Morgan fingerprint density at radius 3 is 2.72 bits per heavy atom. The Hall–Kier alpha value is -2.95. The van der Waals surface area contributed by atoms with Gasteiger partial charge >= 0.3 is 5.97 Å². The first-order valence-electron chi connectivity index (χ1n) is 11.0. The molecule has 0 aliphatic carbocycles. The van der Waals surface area contributed by atoms with E-state index in [-0.39, 0.29) is 18.1 Å². The standard InChI is InChI=1S/C25H25N4O2P/c1-3-32-28-14-13-26-24(28)23-22-19(18-11-7-8-12-20(18)29(22)32)15-21(25(30)31-2)27(23)16-17-9-5-4-6-10-17/h4-14,21,23H,3,15-16H2,1-2H3/t21-,23-,32?/m0/s1. The molecule has 32 heavy (non-hydrogen) atoms. The zero-order valence-corrected chi connectivity index (χ0v) is 19.1. The number of hydrogen-bond acceptors (Lipinski definition) is 4. The average Bonchev–Trinajstić information content (AvgIpc) is 3.44. The fraction of sp³-hybridized carbons (Fsp3) is 0.280. The maximum Gasteiger partial charge on any atom is 0.323 e. The predicted molar refractivity (Wildman–Crippen MR) is 126 cm³/mol. The SMILES string of the molecule is CCP1n2ccnc2[C@@H]2c3c(c4ccccc4n31)C[C@@H](C(=O)OC)N2Cc1ccccc1. The molecule has 0 spiro atoms. The maximum absolute atomic E-state index is 13.1. The molecule has 7 heteroatoms. The molecule has 0 bridgehead atoms. The van der Waals surface area contributed by atoms with Gasteiger partial charge in [0.2, 0.25) is 0 Å². The van der Waals surface area contributed by atoms with Crippen LogP contribution in [0.3, 0.4) is 0 Å². The Kier molecular flexibility index (Phi) is 4.67. The quantitative estimate of drug-likeness (QED) is 0.342. The van der Waals surface area contributed by atoms with Crippen LogP contribution in [-0.2, 0) is 22.5 Å². The van der Waals surface area contributed by atoms with Crippen LogP contribution < -0.4 is 0 Å². The Bertz CT molecular complexity index is 1310. The fourth-order valence-electron chi connectivity index (χ4n) is 5.41. The van der Waals surface area contributed by atoms with Gasteiger partial charge in [-0.05, 0) is 17.2 Å². The molecule has 0 fully saturated rings. The van der Waals surface area contributed by atoms with Crippen LogP contribution in [0.4, 0.5) is 0 Å². The van der Waals surface area contributed by atoms with Gasteiger partial charge in [-0.3, -0.25) is 14.0 Å². The molecule has 1 unspecified atom stereocenters. The van der Waals surface area contributed by atoms with Crippen molar-refractivity contribution in [1.29, 1.82) is 0 Å². The van der Waals surface area contributed by atoms with Crippen LogP contribution >= 0.6 is 8.22 Å². The van der Waals surface area contributed by atoms with Gasteiger partial charge in [-0.1, -0.05) is 55.5 Å². The third-order valence-corrected chi connectivity index (χ3v) is 9.01. The summed E-state index contributed by atoms with van der Waals surface area (Å²) in [7, 11) is 0.861. The van der Waals surface area contributed by atoms with E-state index in [9.17, 15) is 4.79 Å². The zero-order valence-electron chi connectivity index (χ0n) is 18.2. The van der Waals surface area contributed by atoms with Crippen molar-refractivity contribution in [1.82, 2.24) is 18.6 Å². The summed E-state index contributed by atoms with van der Waals surface area (Å²) >= 11 is 0. The van der Waals surface area contributed by atoms with Crippen LogP contribution in [-0.4, -0.2) is 43.8 Å². The largest absolute Gasteiger partial charge is 0.468 e. The Morgan fingerprint density at radius 1 is 1.16 bits per heavy atom. The third-order valence-electron chi connectivity index (χ3n) is 6.72. The minimum Gasteiger partial charge on any atom is -0.468 e. The molecule has 162 valence electrons. The summed E-state index contributed by atoms with van der Waals surface area (Å²) in [5, 5.41) is 1.24. The molecule has 0 amide bonds. The van der Waals surface area contributed by atoms with Gasteiger partial charge in [0.05, 0.1) is 18.3 Å². The molecule has 2 aromatic carbocycles. The van der Waals surface area contributed by atoms with E-state index in [2.05, 4.69) is 63.1 Å². The second-order valence-electron chi connectivity index (χ2n) is 8.31. The fourth-order valence-corrected chi connectivity index (χ4v) is 7.70. The number of hydrogen-bond donors (Lipinski definition) is 0. The highest BCUT2D eigenvalue weighted by molar-refractivity contribution is 7.54. The monoisotopic (exact) mass is 444 g/mol. The van der Waals surface area contributed by atoms with Crippen LogP contribution in [0.15, 0.2) is 67.0 Å². The number of ether oxygens (including phenoxy) is 1. The molecule has 6 rings (SSSR count). The molecule has 0 radical (unpaired) electrons. The maximum atomic E-state index is 13.1. The molecule has 2 aliphatic heterocycles. The van der Waals surface area contributed by atoms with Gasteiger partial charge in [-0.15, -0.1) is 0 Å². The highest BCUT2D eigenvalue weighted by atomic mass is 31.1. The number of aromatic nitrogens is 3. The number of rotatable bonds is 4. The topological polar surface area (TPSA) is 52.3 Å². The van der Waals surface area contributed by atoms with Crippen molar-refractivity contribution in [2.45, 2.75) is 32.0 Å². The number of nitrogens with zero attached hydrogens (tertiary/aromatic N) is 4. The van der Waals surface area contributed by atoms with Crippen LogP contribution in [0.5, 0.6) is 0 Å². The average molecular weight is 444 g/mol. The highest BCUT2D eigenvalue weighted by Gasteiger charge is 2.47. The van der Waals surface area contributed by atoms with E-state index in [0.717, 1.165) is 12.0 Å². The summed E-state index contributed by atoms with van der Waals surface area (Å²) in [4.78, 5) is 20.2. The molecule has 4 aromatic rings. The van der Waals surface area contributed by atoms with E-state index in [0.29, 0.717) is 13.0 Å². The van der Waals surface area contributed by atoms with Crippen molar-refractivity contribution < 1.29 is 9.53 Å². The lowest BCUT2D eigenvalue weighted by Crippen LogP contribution is -2.50. The van der Waals surface area contributed by atoms with Gasteiger partial charge in [0, 0.05) is 36.9 Å². The van der Waals surface area contributed by atoms with E-state index in [1.165, 1.54) is 34.8 Å². The lowest BCUT2D eigenvalue weighted by molar-refractivity contribution is -0.148. The summed E-state index contributed by atoms with van der Waals surface area (Å²) in [5.41, 5.74) is 4.99. The summed E-state index contributed by atoms with van der Waals surface area (Å²) in [6.07, 6.45) is 5.67. The summed E-state index contributed by atoms with van der Waals surface area (Å²) in [6.45, 7) is 2.90. The molecule has 6 nitrogen and oxygen atoms in total. The number of carbonyl (C=O) groups excluding carboxylic acids is 1. The van der Waals surface area contributed by atoms with E-state index < -0.39 is 8.22 Å². The van der Waals surface area contributed by atoms with E-state index >= 15 is 0 Å². The second kappa shape index (κ2) is 7.58. The van der Waals surface area contributed by atoms with Gasteiger partial charge in [-0.25, -0.2) is 4.98 Å². The van der Waals surface area contributed by atoms with Crippen LogP contribution in [0.2, 0.25) is 0 Å². The number of imidazole rings is 1. The van der Waals surface area contributed by atoms with E-state index in [1.54, 1.807) is 0 Å². The first kappa shape index (κ1) is 19.7. The molecule has 0 saturated carbocycles. The van der Waals surface area contributed by atoms with Gasteiger partial charge < -0.3 is 9.07 Å². The van der Waals surface area contributed by atoms with Crippen molar-refractivity contribution in [3.63, 3.8) is 0 Å². The molecular formula is C25H25N4O2P. The van der Waals surface area contributed by atoms with Crippen molar-refractivity contribution >= 4 is 25.1 Å². The van der Waals surface area contributed by atoms with Crippen molar-refractivity contribution in [2.24, 2.45) is 0 Å². The minimum atomic E-state index is -0.625. The number of esters is 1. The van der Waals surface area contributed by atoms with Gasteiger partial charge in [0.15, 0.2) is 0 Å². The van der Waals surface area contributed by atoms with Gasteiger partial charge in [-0.2, -0.15) is 0 Å². The normalized spacial score (nSPS) is 21.9. The molecule has 2 aliphatic rings. The third kappa shape index (κ3) is 2.73. The van der Waals surface area contributed by atoms with Gasteiger partial charge in [0.1, 0.15) is 26.1 Å². The second-order valence-corrected chi connectivity index (χ2v) is 10.5. The van der Waals surface area contributed by atoms with Crippen molar-refractivity contribution in [3.05, 3.63) is 89.6 Å². The van der Waals surface area contributed by atoms with Crippen molar-refractivity contribution in [2.75, 3.05) is 13.3 Å². The minimum absolute atomic E-state index is 0.101. The van der Waals surface area contributed by atoms with Crippen LogP contribution in [0, 0.1) is 0 Å². The molecule has 2 aromatic heterocycles. The van der Waals surface area contributed by atoms with Gasteiger partial charge in [0.25, 0.3) is 0 Å². The Morgan fingerprint density at radius 2 is 1.94 bits per heavy atom. The van der Waals surface area contributed by atoms with E-state index in [4.69, 9.17) is 9.72 Å². The smallest absolute Gasteiger partial charge is 0.323 e. The summed E-state index contributed by atoms with van der Waals surface area (Å²) in [5.74, 6) is 0.837. The summed E-state index contributed by atoms with van der Waals surface area (Å²) in [6, 6.07) is 18.5. The van der Waals surface area contributed by atoms with E-state index in [1.807, 2.05) is 24.4 Å². The molecule has 0 N–H and O–H groups in total. The number of carbonyl (C=O) groups is 1. The molecule has 4 heterocycles. The number of benzene rings is 2. The first-order chi connectivity index (χ1) is 15.7. The first-order valence-corrected chi connectivity index (χ1v) is 12.5.